The van der Waals surface area contributed by atoms with Gasteiger partial charge in [-0.05, 0) is 48.8 Å². The molecule has 2 heterocycles. The highest BCUT2D eigenvalue weighted by Crippen LogP contribution is 2.28. The zero-order valence-corrected chi connectivity index (χ0v) is 16.5. The molecule has 0 spiro atoms. The summed E-state index contributed by atoms with van der Waals surface area (Å²) in [5.74, 6) is 3.61. The predicted octanol–water partition coefficient (Wildman–Crippen LogP) is 2.62. The molecule has 1 atom stereocenters. The maximum absolute atomic E-state index is 10.5. The number of hydrogen-bond acceptors (Lipinski definition) is 4. The number of aliphatic imine (C=N–C) groups is 1. The summed E-state index contributed by atoms with van der Waals surface area (Å²) >= 11 is 1.81. The monoisotopic (exact) mass is 375 g/mol. The van der Waals surface area contributed by atoms with E-state index in [9.17, 15) is 5.11 Å². The van der Waals surface area contributed by atoms with E-state index in [0.717, 1.165) is 55.7 Å². The summed E-state index contributed by atoms with van der Waals surface area (Å²) in [6.45, 7) is 5.13. The molecule has 2 aliphatic heterocycles. The van der Waals surface area contributed by atoms with E-state index >= 15 is 0 Å². The SMILES string of the molecule is CCNC(=NCC1(O)CCSC1)N1CC=C(c2cccc(OC)c2)CC1. The van der Waals surface area contributed by atoms with Crippen LogP contribution in [0.2, 0.25) is 0 Å². The third-order valence-corrected chi connectivity index (χ3v) is 6.12. The quantitative estimate of drug-likeness (QED) is 0.612. The fourth-order valence-electron chi connectivity index (χ4n) is 3.32. The van der Waals surface area contributed by atoms with Gasteiger partial charge >= 0.3 is 0 Å². The van der Waals surface area contributed by atoms with E-state index < -0.39 is 5.60 Å². The minimum Gasteiger partial charge on any atom is -0.497 e. The summed E-state index contributed by atoms with van der Waals surface area (Å²) in [4.78, 5) is 7.00. The Morgan fingerprint density at radius 2 is 2.35 bits per heavy atom. The molecule has 2 aliphatic rings. The van der Waals surface area contributed by atoms with Crippen molar-refractivity contribution in [3.05, 3.63) is 35.9 Å². The highest BCUT2D eigenvalue weighted by atomic mass is 32.2. The first-order valence-corrected chi connectivity index (χ1v) is 10.5. The average molecular weight is 376 g/mol. The average Bonchev–Trinajstić information content (AvgIpc) is 3.12. The van der Waals surface area contributed by atoms with Crippen LogP contribution in [0.1, 0.15) is 25.3 Å². The second-order valence-electron chi connectivity index (χ2n) is 6.85. The summed E-state index contributed by atoms with van der Waals surface area (Å²) in [6, 6.07) is 8.24. The summed E-state index contributed by atoms with van der Waals surface area (Å²) < 4.78 is 5.33. The molecule has 2 N–H and O–H groups in total. The topological polar surface area (TPSA) is 57.1 Å². The van der Waals surface area contributed by atoms with Crippen LogP contribution >= 0.6 is 11.8 Å². The van der Waals surface area contributed by atoms with Gasteiger partial charge in [-0.2, -0.15) is 11.8 Å². The second kappa shape index (κ2) is 8.82. The summed E-state index contributed by atoms with van der Waals surface area (Å²) in [5, 5.41) is 13.9. The number of thioether (sulfide) groups is 1. The number of methoxy groups -OCH3 is 1. The first-order chi connectivity index (χ1) is 12.6. The van der Waals surface area contributed by atoms with Crippen molar-refractivity contribution < 1.29 is 9.84 Å². The molecule has 3 rings (SSSR count). The Morgan fingerprint density at radius 1 is 1.46 bits per heavy atom. The molecule has 1 aromatic rings. The Bertz CT molecular complexity index is 669. The highest BCUT2D eigenvalue weighted by molar-refractivity contribution is 7.99. The molecule has 1 saturated heterocycles. The molecule has 0 aliphatic carbocycles. The van der Waals surface area contributed by atoms with Crippen molar-refractivity contribution in [2.75, 3.05) is 44.8 Å². The van der Waals surface area contributed by atoms with Crippen LogP contribution in [0.15, 0.2) is 35.3 Å². The number of aliphatic hydroxyl groups is 1. The van der Waals surface area contributed by atoms with Gasteiger partial charge in [-0.25, -0.2) is 0 Å². The Labute approximate surface area is 160 Å². The first-order valence-electron chi connectivity index (χ1n) is 9.30. The molecule has 0 saturated carbocycles. The zero-order chi connectivity index (χ0) is 18.4. The normalized spacial score (nSPS) is 23.7. The van der Waals surface area contributed by atoms with Crippen molar-refractivity contribution in [3.8, 4) is 5.75 Å². The van der Waals surface area contributed by atoms with E-state index in [1.165, 1.54) is 11.1 Å². The molecule has 0 aromatic heterocycles. The van der Waals surface area contributed by atoms with Crippen molar-refractivity contribution in [2.45, 2.75) is 25.4 Å². The molecule has 1 fully saturated rings. The van der Waals surface area contributed by atoms with Gasteiger partial charge in [-0.1, -0.05) is 18.2 Å². The first kappa shape index (κ1) is 19.1. The third kappa shape index (κ3) is 4.74. The van der Waals surface area contributed by atoms with E-state index in [0.29, 0.717) is 6.54 Å². The Kier molecular flexibility index (Phi) is 6.48. The predicted molar refractivity (Wildman–Crippen MR) is 110 cm³/mol. The fourth-order valence-corrected chi connectivity index (χ4v) is 4.60. The van der Waals surface area contributed by atoms with Crippen molar-refractivity contribution in [2.24, 2.45) is 4.99 Å². The lowest BCUT2D eigenvalue weighted by Crippen LogP contribution is -2.44. The van der Waals surface area contributed by atoms with E-state index in [1.807, 2.05) is 23.9 Å². The van der Waals surface area contributed by atoms with Gasteiger partial charge in [0.1, 0.15) is 5.75 Å². The number of ether oxygens (including phenoxy) is 1. The van der Waals surface area contributed by atoms with E-state index in [-0.39, 0.29) is 0 Å². The molecular formula is C20H29N3O2S. The zero-order valence-electron chi connectivity index (χ0n) is 15.7. The van der Waals surface area contributed by atoms with E-state index in [1.54, 1.807) is 7.11 Å². The van der Waals surface area contributed by atoms with Crippen LogP contribution < -0.4 is 10.1 Å². The van der Waals surface area contributed by atoms with Gasteiger partial charge in [0.15, 0.2) is 5.96 Å². The maximum Gasteiger partial charge on any atom is 0.194 e. The molecule has 142 valence electrons. The minimum absolute atomic E-state index is 0.477. The standard InChI is InChI=1S/C20H29N3O2S/c1-3-21-19(22-14-20(24)9-12-26-15-20)23-10-7-16(8-11-23)17-5-4-6-18(13-17)25-2/h4-7,13,24H,3,8-12,14-15H2,1-2H3,(H,21,22). The number of nitrogens with one attached hydrogen (secondary N) is 1. The molecule has 26 heavy (non-hydrogen) atoms. The van der Waals surface area contributed by atoms with Gasteiger partial charge in [0.05, 0.1) is 19.3 Å². The number of benzene rings is 1. The number of nitrogens with zero attached hydrogens (tertiary/aromatic N) is 2. The van der Waals surface area contributed by atoms with Crippen LogP contribution in [0.25, 0.3) is 5.57 Å². The van der Waals surface area contributed by atoms with E-state index in [2.05, 4.69) is 35.3 Å². The van der Waals surface area contributed by atoms with Gasteiger partial charge in [-0.15, -0.1) is 0 Å². The van der Waals surface area contributed by atoms with Crippen LogP contribution in [-0.4, -0.2) is 66.4 Å². The van der Waals surface area contributed by atoms with Gasteiger partial charge < -0.3 is 20.1 Å². The van der Waals surface area contributed by atoms with Crippen molar-refractivity contribution >= 4 is 23.3 Å². The number of rotatable bonds is 5. The molecule has 0 radical (unpaired) electrons. The van der Waals surface area contributed by atoms with Crippen LogP contribution in [0, 0.1) is 0 Å². The smallest absolute Gasteiger partial charge is 0.194 e. The van der Waals surface area contributed by atoms with Crippen molar-refractivity contribution in [1.29, 1.82) is 0 Å². The van der Waals surface area contributed by atoms with Crippen molar-refractivity contribution in [1.82, 2.24) is 10.2 Å². The maximum atomic E-state index is 10.5. The summed E-state index contributed by atoms with van der Waals surface area (Å²) in [5.41, 5.74) is 1.94. The molecular weight excluding hydrogens is 346 g/mol. The molecule has 0 bridgehead atoms. The lowest BCUT2D eigenvalue weighted by molar-refractivity contribution is 0.0776. The Hall–Kier alpha value is -1.66. The van der Waals surface area contributed by atoms with Crippen LogP contribution in [0.5, 0.6) is 5.75 Å². The molecule has 6 heteroatoms. The summed E-state index contributed by atoms with van der Waals surface area (Å²) in [7, 11) is 1.70. The highest BCUT2D eigenvalue weighted by Gasteiger charge is 2.31. The number of guanidine groups is 1. The van der Waals surface area contributed by atoms with Crippen LogP contribution in [-0.2, 0) is 0 Å². The van der Waals surface area contributed by atoms with Crippen LogP contribution in [0.4, 0.5) is 0 Å². The van der Waals surface area contributed by atoms with Gasteiger partial charge in [0.25, 0.3) is 0 Å². The lowest BCUT2D eigenvalue weighted by Gasteiger charge is -2.30. The van der Waals surface area contributed by atoms with E-state index in [4.69, 9.17) is 9.73 Å². The van der Waals surface area contributed by atoms with Gasteiger partial charge in [0.2, 0.25) is 0 Å². The van der Waals surface area contributed by atoms with Gasteiger partial charge in [-0.3, -0.25) is 4.99 Å². The van der Waals surface area contributed by atoms with Gasteiger partial charge in [0, 0.05) is 25.4 Å². The third-order valence-electron chi connectivity index (χ3n) is 4.89. The summed E-state index contributed by atoms with van der Waals surface area (Å²) in [6.07, 6.45) is 4.07. The Balaban J connectivity index is 1.67. The van der Waals surface area contributed by atoms with Crippen molar-refractivity contribution in [3.63, 3.8) is 0 Å². The second-order valence-corrected chi connectivity index (χ2v) is 7.96. The van der Waals surface area contributed by atoms with Crippen LogP contribution in [0.3, 0.4) is 0 Å². The minimum atomic E-state index is -0.636. The lowest BCUT2D eigenvalue weighted by atomic mass is 9.99. The molecule has 0 amide bonds. The molecule has 5 nitrogen and oxygen atoms in total. The Morgan fingerprint density at radius 3 is 3.00 bits per heavy atom. The molecule has 1 unspecified atom stereocenters. The number of hydrogen-bond donors (Lipinski definition) is 2. The largest absolute Gasteiger partial charge is 0.497 e. The fraction of sp³-hybridized carbons (Fsp3) is 0.550. The molecule has 1 aromatic carbocycles.